The molecular weight excluding hydrogens is 222 g/mol. The van der Waals surface area contributed by atoms with Crippen LogP contribution in [0.5, 0.6) is 5.75 Å². The van der Waals surface area contributed by atoms with Crippen LogP contribution in [0.15, 0.2) is 36.0 Å². The number of methoxy groups -OCH3 is 1. The van der Waals surface area contributed by atoms with Crippen molar-refractivity contribution < 1.29 is 4.74 Å². The fourth-order valence-electron chi connectivity index (χ4n) is 1.56. The molecule has 0 aliphatic rings. The highest BCUT2D eigenvalue weighted by atomic mass is 32.1. The number of rotatable bonds is 4. The summed E-state index contributed by atoms with van der Waals surface area (Å²) in [7, 11) is 1.66. The van der Waals surface area contributed by atoms with Gasteiger partial charge < -0.3 is 4.74 Å². The average Bonchev–Trinajstić information content (AvgIpc) is 2.80. The van der Waals surface area contributed by atoms with Crippen molar-refractivity contribution in [3.05, 3.63) is 46.4 Å². The third-order valence-electron chi connectivity index (χ3n) is 2.32. The number of hydrogen-bond acceptors (Lipinski definition) is 5. The van der Waals surface area contributed by atoms with Gasteiger partial charge in [0, 0.05) is 12.4 Å². The standard InChI is InChI=1S/C11H13N3OS/c1-15-9-4-6-16-11(9)10(14-12)8-3-2-5-13-7-8/h2-7,10,14H,12H2,1H3. The van der Waals surface area contributed by atoms with Gasteiger partial charge in [-0.1, -0.05) is 6.07 Å². The van der Waals surface area contributed by atoms with E-state index in [0.29, 0.717) is 0 Å². The minimum atomic E-state index is -0.0800. The molecule has 16 heavy (non-hydrogen) atoms. The van der Waals surface area contributed by atoms with Gasteiger partial charge in [-0.15, -0.1) is 11.3 Å². The van der Waals surface area contributed by atoms with Gasteiger partial charge in [0.15, 0.2) is 0 Å². The van der Waals surface area contributed by atoms with Crippen LogP contribution in [0.2, 0.25) is 0 Å². The van der Waals surface area contributed by atoms with E-state index in [-0.39, 0.29) is 6.04 Å². The lowest BCUT2D eigenvalue weighted by Gasteiger charge is -2.15. The molecule has 2 aromatic rings. The lowest BCUT2D eigenvalue weighted by Crippen LogP contribution is -2.28. The molecule has 0 bridgehead atoms. The first-order valence-electron chi connectivity index (χ1n) is 4.84. The van der Waals surface area contributed by atoms with E-state index in [4.69, 9.17) is 10.6 Å². The van der Waals surface area contributed by atoms with Crippen LogP contribution in [0.25, 0.3) is 0 Å². The van der Waals surface area contributed by atoms with Gasteiger partial charge in [-0.25, -0.2) is 5.43 Å². The fourth-order valence-corrected chi connectivity index (χ4v) is 2.50. The van der Waals surface area contributed by atoms with E-state index in [1.54, 1.807) is 30.8 Å². The minimum absolute atomic E-state index is 0.0800. The quantitative estimate of drug-likeness (QED) is 0.625. The number of pyridine rings is 1. The molecule has 84 valence electrons. The van der Waals surface area contributed by atoms with Crippen molar-refractivity contribution in [3.8, 4) is 5.75 Å². The Morgan fingerprint density at radius 3 is 3.00 bits per heavy atom. The van der Waals surface area contributed by atoms with E-state index in [1.807, 2.05) is 23.6 Å². The van der Waals surface area contributed by atoms with E-state index in [0.717, 1.165) is 16.2 Å². The molecule has 0 aliphatic heterocycles. The molecule has 3 N–H and O–H groups in total. The highest BCUT2D eigenvalue weighted by molar-refractivity contribution is 7.10. The summed E-state index contributed by atoms with van der Waals surface area (Å²) in [6.07, 6.45) is 3.53. The summed E-state index contributed by atoms with van der Waals surface area (Å²) < 4.78 is 5.28. The van der Waals surface area contributed by atoms with Gasteiger partial charge in [0.2, 0.25) is 0 Å². The van der Waals surface area contributed by atoms with E-state index < -0.39 is 0 Å². The van der Waals surface area contributed by atoms with E-state index >= 15 is 0 Å². The van der Waals surface area contributed by atoms with Crippen LogP contribution in [-0.2, 0) is 0 Å². The summed E-state index contributed by atoms with van der Waals surface area (Å²) >= 11 is 1.61. The van der Waals surface area contributed by atoms with Gasteiger partial charge in [-0.05, 0) is 23.1 Å². The van der Waals surface area contributed by atoms with Gasteiger partial charge >= 0.3 is 0 Å². The highest BCUT2D eigenvalue weighted by Gasteiger charge is 2.18. The van der Waals surface area contributed by atoms with Crippen LogP contribution in [0.4, 0.5) is 0 Å². The van der Waals surface area contributed by atoms with Crippen LogP contribution < -0.4 is 16.0 Å². The maximum atomic E-state index is 5.59. The molecule has 0 aliphatic carbocycles. The van der Waals surface area contributed by atoms with Crippen LogP contribution in [0, 0.1) is 0 Å². The Kier molecular flexibility index (Phi) is 3.51. The fraction of sp³-hybridized carbons (Fsp3) is 0.182. The van der Waals surface area contributed by atoms with Crippen LogP contribution in [0.3, 0.4) is 0 Å². The SMILES string of the molecule is COc1ccsc1C(NN)c1cccnc1. The molecule has 2 aromatic heterocycles. The smallest absolute Gasteiger partial charge is 0.134 e. The van der Waals surface area contributed by atoms with Crippen molar-refractivity contribution in [2.45, 2.75) is 6.04 Å². The molecule has 2 rings (SSSR count). The Balaban J connectivity index is 2.37. The van der Waals surface area contributed by atoms with Gasteiger partial charge in [-0.3, -0.25) is 10.8 Å². The van der Waals surface area contributed by atoms with Crippen LogP contribution in [0.1, 0.15) is 16.5 Å². The molecule has 0 saturated heterocycles. The van der Waals surface area contributed by atoms with Crippen molar-refractivity contribution in [2.75, 3.05) is 7.11 Å². The number of aromatic nitrogens is 1. The average molecular weight is 235 g/mol. The molecular formula is C11H13N3OS. The van der Waals surface area contributed by atoms with Gasteiger partial charge in [0.1, 0.15) is 5.75 Å². The molecule has 0 amide bonds. The zero-order valence-corrected chi connectivity index (χ0v) is 9.70. The summed E-state index contributed by atoms with van der Waals surface area (Å²) in [5.41, 5.74) is 3.81. The zero-order chi connectivity index (χ0) is 11.4. The molecule has 2 heterocycles. The number of nitrogens with two attached hydrogens (primary N) is 1. The van der Waals surface area contributed by atoms with Crippen LogP contribution in [-0.4, -0.2) is 12.1 Å². The first-order chi connectivity index (χ1) is 7.86. The second kappa shape index (κ2) is 5.07. The van der Waals surface area contributed by atoms with Crippen molar-refractivity contribution in [1.29, 1.82) is 0 Å². The van der Waals surface area contributed by atoms with Gasteiger partial charge in [-0.2, -0.15) is 0 Å². The number of nitrogens with zero attached hydrogens (tertiary/aromatic N) is 1. The Morgan fingerprint density at radius 1 is 1.50 bits per heavy atom. The van der Waals surface area contributed by atoms with Crippen LogP contribution >= 0.6 is 11.3 Å². The number of nitrogens with one attached hydrogen (secondary N) is 1. The van der Waals surface area contributed by atoms with Crippen molar-refractivity contribution in [2.24, 2.45) is 5.84 Å². The first kappa shape index (κ1) is 11.1. The number of hydrazine groups is 1. The Labute approximate surface area is 98.1 Å². The molecule has 0 radical (unpaired) electrons. The lowest BCUT2D eigenvalue weighted by molar-refractivity contribution is 0.407. The summed E-state index contributed by atoms with van der Waals surface area (Å²) in [5, 5.41) is 1.98. The summed E-state index contributed by atoms with van der Waals surface area (Å²) in [6, 6.07) is 5.72. The summed E-state index contributed by atoms with van der Waals surface area (Å²) in [5.74, 6) is 6.44. The molecule has 5 heteroatoms. The summed E-state index contributed by atoms with van der Waals surface area (Å²) in [6.45, 7) is 0. The number of ether oxygens (including phenoxy) is 1. The van der Waals surface area contributed by atoms with Gasteiger partial charge in [0.05, 0.1) is 18.0 Å². The molecule has 0 fully saturated rings. The second-order valence-electron chi connectivity index (χ2n) is 3.24. The lowest BCUT2D eigenvalue weighted by atomic mass is 10.1. The zero-order valence-electron chi connectivity index (χ0n) is 8.88. The second-order valence-corrected chi connectivity index (χ2v) is 4.19. The maximum absolute atomic E-state index is 5.59. The predicted octanol–water partition coefficient (Wildman–Crippen LogP) is 1.70. The first-order valence-corrected chi connectivity index (χ1v) is 5.72. The van der Waals surface area contributed by atoms with E-state index in [2.05, 4.69) is 10.4 Å². The van der Waals surface area contributed by atoms with Crippen molar-refractivity contribution in [3.63, 3.8) is 0 Å². The maximum Gasteiger partial charge on any atom is 0.134 e. The monoisotopic (exact) mass is 235 g/mol. The Morgan fingerprint density at radius 2 is 2.38 bits per heavy atom. The number of hydrogen-bond donors (Lipinski definition) is 2. The number of thiophene rings is 1. The molecule has 1 atom stereocenters. The van der Waals surface area contributed by atoms with Crippen molar-refractivity contribution >= 4 is 11.3 Å². The highest BCUT2D eigenvalue weighted by Crippen LogP contribution is 2.33. The molecule has 0 aromatic carbocycles. The topological polar surface area (TPSA) is 60.2 Å². The normalized spacial score (nSPS) is 12.4. The van der Waals surface area contributed by atoms with Crippen molar-refractivity contribution in [1.82, 2.24) is 10.4 Å². The summed E-state index contributed by atoms with van der Waals surface area (Å²) in [4.78, 5) is 5.14. The third kappa shape index (κ3) is 2.06. The predicted molar refractivity (Wildman–Crippen MR) is 64.3 cm³/mol. The molecule has 0 saturated carbocycles. The van der Waals surface area contributed by atoms with E-state index in [9.17, 15) is 0 Å². The molecule has 4 nitrogen and oxygen atoms in total. The van der Waals surface area contributed by atoms with E-state index in [1.165, 1.54) is 0 Å². The third-order valence-corrected chi connectivity index (χ3v) is 3.29. The Bertz CT molecular complexity index is 444. The Hall–Kier alpha value is -1.43. The largest absolute Gasteiger partial charge is 0.496 e. The minimum Gasteiger partial charge on any atom is -0.496 e. The van der Waals surface area contributed by atoms with Gasteiger partial charge in [0.25, 0.3) is 0 Å². The molecule has 0 spiro atoms. The molecule has 1 unspecified atom stereocenters.